The zero-order valence-corrected chi connectivity index (χ0v) is 20.3. The van der Waals surface area contributed by atoms with Gasteiger partial charge < -0.3 is 20.9 Å². The molecule has 0 bridgehead atoms. The van der Waals surface area contributed by atoms with Crippen LogP contribution >= 0.6 is 0 Å². The number of anilines is 2. The number of carbonyl (C=O) groups excluding carboxylic acids is 2. The van der Waals surface area contributed by atoms with Crippen LogP contribution in [0.3, 0.4) is 0 Å². The van der Waals surface area contributed by atoms with Crippen molar-refractivity contribution in [2.75, 3.05) is 24.7 Å². The van der Waals surface area contributed by atoms with Gasteiger partial charge in [0.1, 0.15) is 0 Å². The largest absolute Gasteiger partial charge is 0.462 e. The number of carbonyl (C=O) groups is 2. The molecule has 0 unspecified atom stereocenters. The lowest BCUT2D eigenvalue weighted by Crippen LogP contribution is -2.06. The summed E-state index contributed by atoms with van der Waals surface area (Å²) in [5.74, 6) is -0.557. The number of rotatable bonds is 17. The van der Waals surface area contributed by atoms with Gasteiger partial charge in [0.2, 0.25) is 0 Å². The summed E-state index contributed by atoms with van der Waals surface area (Å²) in [5.41, 5.74) is 13.6. The van der Waals surface area contributed by atoms with Crippen molar-refractivity contribution < 1.29 is 19.1 Å². The summed E-state index contributed by atoms with van der Waals surface area (Å²) in [6.07, 6.45) is 14.0. The van der Waals surface area contributed by atoms with Crippen LogP contribution in [0.2, 0.25) is 0 Å². The van der Waals surface area contributed by atoms with Crippen LogP contribution in [-0.2, 0) is 9.47 Å². The molecule has 0 radical (unpaired) electrons. The third kappa shape index (κ3) is 11.7. The lowest BCUT2D eigenvalue weighted by atomic mass is 10.1. The normalized spacial score (nSPS) is 10.7. The molecule has 0 atom stereocenters. The van der Waals surface area contributed by atoms with Gasteiger partial charge in [-0.25, -0.2) is 9.59 Å². The highest BCUT2D eigenvalue weighted by atomic mass is 16.5. The number of esters is 2. The second-order valence-corrected chi connectivity index (χ2v) is 8.76. The fourth-order valence-electron chi connectivity index (χ4n) is 3.71. The molecule has 2 aromatic rings. The molecule has 0 saturated carbocycles. The quantitative estimate of drug-likeness (QED) is 0.155. The first-order valence-corrected chi connectivity index (χ1v) is 12.6. The highest BCUT2D eigenvalue weighted by molar-refractivity contribution is 5.90. The minimum Gasteiger partial charge on any atom is -0.462 e. The summed E-state index contributed by atoms with van der Waals surface area (Å²) in [7, 11) is 0. The molecule has 0 spiro atoms. The minimum atomic E-state index is -0.279. The number of unbranched alkanes of at least 4 members (excludes halogenated alkanes) is 11. The van der Waals surface area contributed by atoms with E-state index in [4.69, 9.17) is 20.9 Å². The fourth-order valence-corrected chi connectivity index (χ4v) is 3.71. The van der Waals surface area contributed by atoms with Gasteiger partial charge in [-0.15, -0.1) is 0 Å². The van der Waals surface area contributed by atoms with E-state index in [2.05, 4.69) is 0 Å². The zero-order chi connectivity index (χ0) is 24.4. The van der Waals surface area contributed by atoms with Crippen LogP contribution in [0.25, 0.3) is 0 Å². The molecule has 0 aliphatic heterocycles. The number of hydrogen-bond acceptors (Lipinski definition) is 6. The molecular formula is C28H40N2O4. The molecule has 0 fully saturated rings. The van der Waals surface area contributed by atoms with Crippen molar-refractivity contribution >= 4 is 23.3 Å². The maximum absolute atomic E-state index is 11.9. The Morgan fingerprint density at radius 3 is 1.03 bits per heavy atom. The van der Waals surface area contributed by atoms with Crippen molar-refractivity contribution in [2.24, 2.45) is 0 Å². The maximum Gasteiger partial charge on any atom is 0.338 e. The summed E-state index contributed by atoms with van der Waals surface area (Å²) in [6, 6.07) is 13.6. The molecule has 0 aromatic heterocycles. The highest BCUT2D eigenvalue weighted by Gasteiger charge is 2.07. The smallest absolute Gasteiger partial charge is 0.338 e. The lowest BCUT2D eigenvalue weighted by molar-refractivity contribution is 0.0488. The number of nitrogens with two attached hydrogens (primary N) is 2. The Kier molecular flexibility index (Phi) is 13.3. The van der Waals surface area contributed by atoms with E-state index in [1.807, 2.05) is 0 Å². The number of nitrogen functional groups attached to an aromatic ring is 2. The van der Waals surface area contributed by atoms with Crippen molar-refractivity contribution in [1.29, 1.82) is 0 Å². The van der Waals surface area contributed by atoms with Gasteiger partial charge in [-0.3, -0.25) is 0 Å². The SMILES string of the molecule is Nc1ccc(C(=O)OCCCCCCCCCCCCCCOC(=O)c2ccc(N)cc2)cc1. The van der Waals surface area contributed by atoms with Crippen LogP contribution in [0.4, 0.5) is 11.4 Å². The Balaban J connectivity index is 1.31. The monoisotopic (exact) mass is 468 g/mol. The molecular weight excluding hydrogens is 428 g/mol. The molecule has 0 heterocycles. The first-order valence-electron chi connectivity index (χ1n) is 12.6. The fraction of sp³-hybridized carbons (Fsp3) is 0.500. The molecule has 2 aromatic carbocycles. The predicted octanol–water partition coefficient (Wildman–Crippen LogP) is 6.55. The van der Waals surface area contributed by atoms with Gasteiger partial charge in [-0.05, 0) is 61.4 Å². The Labute approximate surface area is 204 Å². The summed E-state index contributed by atoms with van der Waals surface area (Å²) in [5, 5.41) is 0. The molecule has 186 valence electrons. The van der Waals surface area contributed by atoms with Crippen LogP contribution in [0.15, 0.2) is 48.5 Å². The van der Waals surface area contributed by atoms with Crippen molar-refractivity contribution in [3.8, 4) is 0 Å². The van der Waals surface area contributed by atoms with Crippen molar-refractivity contribution in [2.45, 2.75) is 77.0 Å². The maximum atomic E-state index is 11.9. The highest BCUT2D eigenvalue weighted by Crippen LogP contribution is 2.13. The summed E-state index contributed by atoms with van der Waals surface area (Å²) < 4.78 is 10.6. The Morgan fingerprint density at radius 1 is 0.471 bits per heavy atom. The summed E-state index contributed by atoms with van der Waals surface area (Å²) in [6.45, 7) is 0.952. The average molecular weight is 469 g/mol. The van der Waals surface area contributed by atoms with Crippen LogP contribution < -0.4 is 11.5 Å². The van der Waals surface area contributed by atoms with Gasteiger partial charge in [-0.1, -0.05) is 64.2 Å². The van der Waals surface area contributed by atoms with E-state index in [-0.39, 0.29) is 11.9 Å². The average Bonchev–Trinajstić information content (AvgIpc) is 2.84. The van der Waals surface area contributed by atoms with Crippen molar-refractivity contribution in [3.05, 3.63) is 59.7 Å². The zero-order valence-electron chi connectivity index (χ0n) is 20.3. The number of ether oxygens (including phenoxy) is 2. The Morgan fingerprint density at radius 2 is 0.735 bits per heavy atom. The molecule has 0 aliphatic carbocycles. The van der Waals surface area contributed by atoms with E-state index in [0.717, 1.165) is 25.7 Å². The molecule has 0 amide bonds. The minimum absolute atomic E-state index is 0.279. The standard InChI is InChI=1S/C28H40N2O4/c29-25-17-13-23(14-18-25)27(31)33-21-11-9-7-5-3-1-2-4-6-8-10-12-22-34-28(32)24-15-19-26(30)20-16-24/h13-20H,1-12,21-22,29-30H2. The Hall–Kier alpha value is -3.02. The van der Waals surface area contributed by atoms with Crippen LogP contribution in [-0.4, -0.2) is 25.2 Å². The molecule has 6 nitrogen and oxygen atoms in total. The summed E-state index contributed by atoms with van der Waals surface area (Å²) in [4.78, 5) is 23.8. The second kappa shape index (κ2) is 16.6. The van der Waals surface area contributed by atoms with Gasteiger partial charge >= 0.3 is 11.9 Å². The van der Waals surface area contributed by atoms with Gasteiger partial charge in [0.25, 0.3) is 0 Å². The van der Waals surface area contributed by atoms with Crippen molar-refractivity contribution in [3.63, 3.8) is 0 Å². The van der Waals surface area contributed by atoms with E-state index < -0.39 is 0 Å². The lowest BCUT2D eigenvalue weighted by Gasteiger charge is -2.06. The van der Waals surface area contributed by atoms with Crippen LogP contribution in [0.1, 0.15) is 97.8 Å². The molecule has 0 aliphatic rings. The van der Waals surface area contributed by atoms with E-state index in [1.165, 1.54) is 51.4 Å². The van der Waals surface area contributed by atoms with E-state index in [0.29, 0.717) is 35.7 Å². The summed E-state index contributed by atoms with van der Waals surface area (Å²) >= 11 is 0. The molecule has 0 saturated heterocycles. The van der Waals surface area contributed by atoms with Crippen LogP contribution in [0.5, 0.6) is 0 Å². The third-order valence-corrected chi connectivity index (χ3v) is 5.80. The second-order valence-electron chi connectivity index (χ2n) is 8.76. The van der Waals surface area contributed by atoms with Crippen molar-refractivity contribution in [1.82, 2.24) is 0 Å². The van der Waals surface area contributed by atoms with E-state index in [9.17, 15) is 9.59 Å². The van der Waals surface area contributed by atoms with Gasteiger partial charge in [-0.2, -0.15) is 0 Å². The topological polar surface area (TPSA) is 105 Å². The molecule has 6 heteroatoms. The van der Waals surface area contributed by atoms with Gasteiger partial charge in [0, 0.05) is 11.4 Å². The molecule has 4 N–H and O–H groups in total. The van der Waals surface area contributed by atoms with Crippen LogP contribution in [0, 0.1) is 0 Å². The number of hydrogen-bond donors (Lipinski definition) is 2. The first kappa shape index (κ1) is 27.2. The molecule has 34 heavy (non-hydrogen) atoms. The number of benzene rings is 2. The molecule has 2 rings (SSSR count). The predicted molar refractivity (Wildman–Crippen MR) is 138 cm³/mol. The third-order valence-electron chi connectivity index (χ3n) is 5.80. The first-order chi connectivity index (χ1) is 16.6. The van der Waals surface area contributed by atoms with Gasteiger partial charge in [0.05, 0.1) is 24.3 Å². The van der Waals surface area contributed by atoms with Gasteiger partial charge in [0.15, 0.2) is 0 Å². The van der Waals surface area contributed by atoms with E-state index in [1.54, 1.807) is 48.5 Å². The Bertz CT molecular complexity index is 763. The van der Waals surface area contributed by atoms with E-state index >= 15 is 0 Å².